The van der Waals surface area contributed by atoms with E-state index in [1.54, 1.807) is 0 Å². The molecule has 0 amide bonds. The maximum Gasteiger partial charge on any atom is 0.307 e. The second kappa shape index (κ2) is 39.2. The Morgan fingerprint density at radius 3 is 1.16 bits per heavy atom. The van der Waals surface area contributed by atoms with Crippen LogP contribution in [0.2, 0.25) is 0 Å². The number of ether oxygens (including phenoxy) is 3. The Kier molecular flexibility index (Phi) is 36.6. The lowest BCUT2D eigenvalue weighted by molar-refractivity contribution is -0.145. The third-order valence-corrected chi connectivity index (χ3v) is 11.4. The molecular weight excluding hydrogens is 689 g/mol. The SMILES string of the molecule is CCCCCCCCCCCOC(=O)CCN(CCC(=O)OCCCCCCCCCCC)C[C@@H]1CCCN1CCC(=O)OCCCCCCCCCCC. The van der Waals surface area contributed by atoms with Crippen molar-refractivity contribution in [2.75, 3.05) is 52.5 Å². The molecule has 1 aliphatic heterocycles. The molecule has 55 heavy (non-hydrogen) atoms. The molecule has 0 aromatic carbocycles. The highest BCUT2D eigenvalue weighted by Gasteiger charge is 2.27. The van der Waals surface area contributed by atoms with Gasteiger partial charge in [0, 0.05) is 32.2 Å². The van der Waals surface area contributed by atoms with Gasteiger partial charge in [0.2, 0.25) is 0 Å². The first-order chi connectivity index (χ1) is 27.0. The maximum absolute atomic E-state index is 12.7. The second-order valence-electron chi connectivity index (χ2n) is 16.5. The van der Waals surface area contributed by atoms with Crippen LogP contribution in [0.15, 0.2) is 0 Å². The van der Waals surface area contributed by atoms with Crippen molar-refractivity contribution in [1.82, 2.24) is 9.80 Å². The van der Waals surface area contributed by atoms with Gasteiger partial charge in [0.25, 0.3) is 0 Å². The number of unbranched alkanes of at least 4 members (excludes halogenated alkanes) is 24. The average Bonchev–Trinajstić information content (AvgIpc) is 3.63. The van der Waals surface area contributed by atoms with E-state index >= 15 is 0 Å². The summed E-state index contributed by atoms with van der Waals surface area (Å²) in [6.45, 7) is 11.8. The highest BCUT2D eigenvalue weighted by molar-refractivity contribution is 5.70. The van der Waals surface area contributed by atoms with Crippen LogP contribution in [0.25, 0.3) is 0 Å². The van der Waals surface area contributed by atoms with Gasteiger partial charge in [-0.2, -0.15) is 0 Å². The summed E-state index contributed by atoms with van der Waals surface area (Å²) in [6, 6.07) is 0.293. The van der Waals surface area contributed by atoms with Crippen LogP contribution in [0, 0.1) is 0 Å². The Bertz CT molecular complexity index is 845. The maximum atomic E-state index is 12.7. The lowest BCUT2D eigenvalue weighted by atomic mass is 10.1. The standard InChI is InChI=1S/C47H90N2O6/c1-4-7-10-13-16-19-22-25-28-40-53-45(50)33-37-48(38-34-46(51)54-41-29-26-23-20-17-14-11-8-5-2)43-44-32-31-36-49(44)39-35-47(52)55-42-30-27-24-21-18-15-12-9-6-3/h44H,4-43H2,1-3H3/t44-/m0/s1. The molecule has 1 saturated heterocycles. The normalized spacial score (nSPS) is 14.5. The molecule has 8 nitrogen and oxygen atoms in total. The van der Waals surface area contributed by atoms with E-state index in [9.17, 15) is 14.4 Å². The number of rotatable bonds is 41. The average molecular weight is 779 g/mol. The molecule has 1 fully saturated rings. The van der Waals surface area contributed by atoms with Gasteiger partial charge in [0.15, 0.2) is 0 Å². The van der Waals surface area contributed by atoms with Gasteiger partial charge in [-0.05, 0) is 38.6 Å². The van der Waals surface area contributed by atoms with Crippen molar-refractivity contribution in [3.05, 3.63) is 0 Å². The summed E-state index contributed by atoms with van der Waals surface area (Å²) in [5, 5.41) is 0. The highest BCUT2D eigenvalue weighted by Crippen LogP contribution is 2.20. The fourth-order valence-electron chi connectivity index (χ4n) is 7.74. The van der Waals surface area contributed by atoms with E-state index in [2.05, 4.69) is 30.6 Å². The number of hydrogen-bond acceptors (Lipinski definition) is 8. The highest BCUT2D eigenvalue weighted by atomic mass is 16.5. The molecule has 8 heteroatoms. The van der Waals surface area contributed by atoms with Gasteiger partial charge in [0.1, 0.15) is 0 Å². The first kappa shape index (κ1) is 51.3. The van der Waals surface area contributed by atoms with E-state index in [1.807, 2.05) is 0 Å². The molecule has 0 spiro atoms. The van der Waals surface area contributed by atoms with Gasteiger partial charge in [-0.15, -0.1) is 0 Å². The zero-order chi connectivity index (χ0) is 39.9. The molecule has 0 aromatic rings. The van der Waals surface area contributed by atoms with Crippen molar-refractivity contribution in [1.29, 1.82) is 0 Å². The number of carbonyl (C=O) groups excluding carboxylic acids is 3. The molecule has 1 aliphatic rings. The van der Waals surface area contributed by atoms with E-state index in [1.165, 1.54) is 135 Å². The van der Waals surface area contributed by atoms with Gasteiger partial charge in [-0.3, -0.25) is 19.3 Å². The van der Waals surface area contributed by atoms with Gasteiger partial charge >= 0.3 is 17.9 Å². The Morgan fingerprint density at radius 1 is 0.473 bits per heavy atom. The molecule has 1 atom stereocenters. The quantitative estimate of drug-likeness (QED) is 0.0345. The van der Waals surface area contributed by atoms with Gasteiger partial charge < -0.3 is 19.1 Å². The van der Waals surface area contributed by atoms with Crippen molar-refractivity contribution in [3.8, 4) is 0 Å². The minimum absolute atomic E-state index is 0.105. The summed E-state index contributed by atoms with van der Waals surface area (Å²) in [4.78, 5) is 42.7. The minimum Gasteiger partial charge on any atom is -0.466 e. The van der Waals surface area contributed by atoms with Crippen molar-refractivity contribution in [3.63, 3.8) is 0 Å². The zero-order valence-corrected chi connectivity index (χ0v) is 36.7. The van der Waals surface area contributed by atoms with Crippen molar-refractivity contribution in [2.45, 2.75) is 232 Å². The van der Waals surface area contributed by atoms with Crippen LogP contribution in [-0.2, 0) is 28.6 Å². The van der Waals surface area contributed by atoms with Gasteiger partial charge in [0.05, 0.1) is 39.1 Å². The minimum atomic E-state index is -0.157. The fourth-order valence-corrected chi connectivity index (χ4v) is 7.74. The van der Waals surface area contributed by atoms with Crippen LogP contribution >= 0.6 is 0 Å². The van der Waals surface area contributed by atoms with E-state index in [0.29, 0.717) is 64.8 Å². The zero-order valence-electron chi connectivity index (χ0n) is 36.7. The molecule has 324 valence electrons. The molecule has 0 saturated carbocycles. The molecule has 0 aliphatic carbocycles. The molecule has 0 unspecified atom stereocenters. The Morgan fingerprint density at radius 2 is 0.800 bits per heavy atom. The van der Waals surface area contributed by atoms with E-state index in [0.717, 1.165) is 64.5 Å². The smallest absolute Gasteiger partial charge is 0.307 e. The Hall–Kier alpha value is -1.67. The van der Waals surface area contributed by atoms with E-state index < -0.39 is 0 Å². The monoisotopic (exact) mass is 779 g/mol. The topological polar surface area (TPSA) is 85.4 Å². The summed E-state index contributed by atoms with van der Waals surface area (Å²) < 4.78 is 16.8. The number of hydrogen-bond donors (Lipinski definition) is 0. The predicted molar refractivity (Wildman–Crippen MR) is 229 cm³/mol. The number of carbonyl (C=O) groups is 3. The van der Waals surface area contributed by atoms with Crippen molar-refractivity contribution in [2.24, 2.45) is 0 Å². The Labute approximate surface area is 340 Å². The summed E-state index contributed by atoms with van der Waals surface area (Å²) in [5.41, 5.74) is 0. The van der Waals surface area contributed by atoms with Gasteiger partial charge in [-0.25, -0.2) is 0 Å². The third-order valence-electron chi connectivity index (χ3n) is 11.4. The second-order valence-corrected chi connectivity index (χ2v) is 16.5. The summed E-state index contributed by atoms with van der Waals surface area (Å²) in [5.74, 6) is -0.419. The van der Waals surface area contributed by atoms with Gasteiger partial charge in [-0.1, -0.05) is 175 Å². The lowest BCUT2D eigenvalue weighted by Gasteiger charge is -2.30. The molecule has 0 bridgehead atoms. The van der Waals surface area contributed by atoms with Crippen LogP contribution < -0.4 is 0 Å². The lowest BCUT2D eigenvalue weighted by Crippen LogP contribution is -2.42. The fraction of sp³-hybridized carbons (Fsp3) is 0.936. The summed E-state index contributed by atoms with van der Waals surface area (Å²) >= 11 is 0. The Balaban J connectivity index is 2.43. The van der Waals surface area contributed by atoms with Crippen molar-refractivity contribution >= 4 is 17.9 Å². The number of likely N-dealkylation sites (tertiary alicyclic amines) is 1. The summed E-state index contributed by atoms with van der Waals surface area (Å²) in [7, 11) is 0. The largest absolute Gasteiger partial charge is 0.466 e. The van der Waals surface area contributed by atoms with Crippen molar-refractivity contribution < 1.29 is 28.6 Å². The molecular formula is C47H90N2O6. The molecule has 0 radical (unpaired) electrons. The first-order valence-corrected chi connectivity index (χ1v) is 23.9. The first-order valence-electron chi connectivity index (χ1n) is 23.9. The number of nitrogens with zero attached hydrogens (tertiary/aromatic N) is 2. The predicted octanol–water partition coefficient (Wildman–Crippen LogP) is 12.1. The van der Waals surface area contributed by atoms with Crippen LogP contribution in [0.1, 0.15) is 226 Å². The van der Waals surface area contributed by atoms with Crippen LogP contribution in [0.3, 0.4) is 0 Å². The molecule has 1 heterocycles. The number of esters is 3. The van der Waals surface area contributed by atoms with E-state index in [-0.39, 0.29) is 17.9 Å². The van der Waals surface area contributed by atoms with E-state index in [4.69, 9.17) is 14.2 Å². The molecule has 1 rings (SSSR count). The third kappa shape index (κ3) is 33.1. The van der Waals surface area contributed by atoms with Crippen LogP contribution in [-0.4, -0.2) is 86.3 Å². The summed E-state index contributed by atoms with van der Waals surface area (Å²) in [6.07, 6.45) is 36.7. The van der Waals surface area contributed by atoms with Crippen LogP contribution in [0.5, 0.6) is 0 Å². The molecule has 0 aromatic heterocycles. The van der Waals surface area contributed by atoms with Crippen LogP contribution in [0.4, 0.5) is 0 Å². The molecule has 0 N–H and O–H groups in total.